The molecule has 156 valence electrons. The third-order valence-corrected chi connectivity index (χ3v) is 9.27. The van der Waals surface area contributed by atoms with E-state index in [2.05, 4.69) is 20.8 Å². The largest absolute Gasteiger partial charge is 0.0776 e. The quantitative estimate of drug-likeness (QED) is 0.435. The highest BCUT2D eigenvalue weighted by Gasteiger charge is 2.59. The molecule has 7 unspecified atom stereocenters. The second-order valence-electron chi connectivity index (χ2n) is 9.63. The van der Waals surface area contributed by atoms with Gasteiger partial charge in [-0.15, -0.1) is 0 Å². The van der Waals surface area contributed by atoms with Crippen molar-refractivity contribution in [1.29, 1.82) is 0 Å². The molecule has 0 N–H and O–H groups in total. The summed E-state index contributed by atoms with van der Waals surface area (Å²) in [5.74, 6) is 5.39. The van der Waals surface area contributed by atoms with Crippen molar-refractivity contribution < 1.29 is 0 Å². The van der Waals surface area contributed by atoms with Crippen LogP contribution in [0.4, 0.5) is 0 Å². The van der Waals surface area contributed by atoms with Crippen molar-refractivity contribution in [1.82, 2.24) is 0 Å². The minimum absolute atomic E-state index is 0. The summed E-state index contributed by atoms with van der Waals surface area (Å²) in [7, 11) is 0. The Kier molecular flexibility index (Phi) is 9.22. The van der Waals surface area contributed by atoms with E-state index in [0.29, 0.717) is 5.41 Å². The highest BCUT2D eigenvalue weighted by atomic mass is 14.6. The maximum absolute atomic E-state index is 2.71. The van der Waals surface area contributed by atoms with E-state index in [1.54, 1.807) is 51.4 Å². The van der Waals surface area contributed by atoms with Crippen LogP contribution in [0.3, 0.4) is 0 Å². The van der Waals surface area contributed by atoms with Gasteiger partial charge in [-0.05, 0) is 91.8 Å². The summed E-state index contributed by atoms with van der Waals surface area (Å²) >= 11 is 0. The Bertz CT molecular complexity index is 399. The lowest BCUT2D eigenvalue weighted by molar-refractivity contribution is -0.110. The van der Waals surface area contributed by atoms with Gasteiger partial charge < -0.3 is 0 Å². The molecular formula is C26H52. The second-order valence-corrected chi connectivity index (χ2v) is 9.63. The van der Waals surface area contributed by atoms with E-state index in [9.17, 15) is 0 Å². The van der Waals surface area contributed by atoms with Crippen LogP contribution in [0.2, 0.25) is 0 Å². The summed E-state index contributed by atoms with van der Waals surface area (Å²) in [5.41, 5.74) is 1.45. The van der Waals surface area contributed by atoms with E-state index in [-0.39, 0.29) is 7.43 Å². The molecule has 4 rings (SSSR count). The third kappa shape index (κ3) is 3.77. The van der Waals surface area contributed by atoms with Crippen molar-refractivity contribution in [3.8, 4) is 0 Å². The molecule has 4 saturated carbocycles. The van der Waals surface area contributed by atoms with Gasteiger partial charge in [-0.1, -0.05) is 75.2 Å². The van der Waals surface area contributed by atoms with Crippen LogP contribution in [0.15, 0.2) is 0 Å². The zero-order valence-electron chi connectivity index (χ0n) is 18.7. The summed E-state index contributed by atoms with van der Waals surface area (Å²) < 4.78 is 0. The molecule has 0 heterocycles. The van der Waals surface area contributed by atoms with Crippen molar-refractivity contribution in [2.24, 2.45) is 40.4 Å². The normalized spacial score (nSPS) is 46.0. The lowest BCUT2D eigenvalue weighted by Crippen LogP contribution is -2.52. The van der Waals surface area contributed by atoms with E-state index in [1.165, 1.54) is 19.3 Å². The van der Waals surface area contributed by atoms with Gasteiger partial charge in [-0.2, -0.15) is 0 Å². The maximum Gasteiger partial charge on any atom is -0.0266 e. The Hall–Kier alpha value is 0. The molecule has 0 aliphatic heterocycles. The van der Waals surface area contributed by atoms with Gasteiger partial charge in [0.2, 0.25) is 0 Å². The fourth-order valence-electron chi connectivity index (χ4n) is 8.07. The van der Waals surface area contributed by atoms with Crippen molar-refractivity contribution >= 4 is 0 Å². The van der Waals surface area contributed by atoms with Crippen LogP contribution in [-0.4, -0.2) is 0 Å². The molecule has 0 aromatic heterocycles. The van der Waals surface area contributed by atoms with Crippen LogP contribution < -0.4 is 0 Å². The molecule has 0 saturated heterocycles. The molecule has 4 aliphatic carbocycles. The first-order valence-electron chi connectivity index (χ1n) is 12.1. The first kappa shape index (κ1) is 24.0. The Balaban J connectivity index is 0.000000635. The predicted molar refractivity (Wildman–Crippen MR) is 120 cm³/mol. The second kappa shape index (κ2) is 9.97. The first-order valence-corrected chi connectivity index (χ1v) is 12.1. The molecule has 0 aromatic carbocycles. The minimum Gasteiger partial charge on any atom is -0.0776 e. The lowest BCUT2D eigenvalue weighted by atomic mass is 9.45. The Labute approximate surface area is 167 Å². The molecule has 26 heavy (non-hydrogen) atoms. The molecule has 0 amide bonds. The zero-order chi connectivity index (χ0) is 18.7. The van der Waals surface area contributed by atoms with Crippen molar-refractivity contribution in [2.45, 2.75) is 127 Å². The standard InChI is InChI=1S/C21H36.2C2H6.CH4/c1-4-15-9-11-18-17-10-8-16-7-5-6-13-20(16,2)19(17)12-14-21(15,18)3;2*1-2;/h15-19H,4-14H2,1-3H3;2*1-2H3;1H4. The molecule has 0 bridgehead atoms. The predicted octanol–water partition coefficient (Wildman–Crippen LogP) is 9.13. The Morgan fingerprint density at radius 3 is 2.00 bits per heavy atom. The van der Waals surface area contributed by atoms with Gasteiger partial charge in [-0.3, -0.25) is 0 Å². The SMILES string of the molecule is C.CC.CC.CCC1CCC2C3CCC4CCCCC4(C)C3CCC12C. The zero-order valence-corrected chi connectivity index (χ0v) is 18.7. The summed E-state index contributed by atoms with van der Waals surface area (Å²) in [4.78, 5) is 0. The smallest absolute Gasteiger partial charge is 0.0266 e. The number of hydrogen-bond donors (Lipinski definition) is 0. The fraction of sp³-hybridized carbons (Fsp3) is 1.00. The average Bonchev–Trinajstić information content (AvgIpc) is 3.01. The van der Waals surface area contributed by atoms with E-state index >= 15 is 0 Å². The highest BCUT2D eigenvalue weighted by molar-refractivity contribution is 5.08. The summed E-state index contributed by atoms with van der Waals surface area (Å²) in [6, 6.07) is 0. The van der Waals surface area contributed by atoms with E-state index in [1.807, 2.05) is 27.7 Å². The topological polar surface area (TPSA) is 0 Å². The van der Waals surface area contributed by atoms with Gasteiger partial charge in [0.15, 0.2) is 0 Å². The van der Waals surface area contributed by atoms with Gasteiger partial charge in [0.05, 0.1) is 0 Å². The molecule has 0 nitrogen and oxygen atoms in total. The highest BCUT2D eigenvalue weighted by Crippen LogP contribution is 2.67. The molecule has 7 atom stereocenters. The molecule has 0 spiro atoms. The van der Waals surface area contributed by atoms with E-state index in [4.69, 9.17) is 0 Å². The molecule has 4 aliphatic rings. The Morgan fingerprint density at radius 2 is 1.35 bits per heavy atom. The van der Waals surface area contributed by atoms with Gasteiger partial charge in [0, 0.05) is 0 Å². The van der Waals surface area contributed by atoms with Crippen LogP contribution >= 0.6 is 0 Å². The van der Waals surface area contributed by atoms with Crippen molar-refractivity contribution in [3.63, 3.8) is 0 Å². The van der Waals surface area contributed by atoms with Gasteiger partial charge in [-0.25, -0.2) is 0 Å². The van der Waals surface area contributed by atoms with Gasteiger partial charge >= 0.3 is 0 Å². The van der Waals surface area contributed by atoms with E-state index in [0.717, 1.165) is 35.0 Å². The van der Waals surface area contributed by atoms with Crippen LogP contribution in [0.1, 0.15) is 127 Å². The summed E-state index contributed by atoms with van der Waals surface area (Å²) in [5, 5.41) is 0. The van der Waals surface area contributed by atoms with E-state index < -0.39 is 0 Å². The molecule has 0 radical (unpaired) electrons. The summed E-state index contributed by atoms with van der Waals surface area (Å²) in [6.45, 7) is 15.8. The van der Waals surface area contributed by atoms with Gasteiger partial charge in [0.25, 0.3) is 0 Å². The summed E-state index contributed by atoms with van der Waals surface area (Å²) in [6.07, 6.45) is 17.0. The van der Waals surface area contributed by atoms with Crippen LogP contribution in [-0.2, 0) is 0 Å². The Morgan fingerprint density at radius 1 is 0.692 bits per heavy atom. The third-order valence-electron chi connectivity index (χ3n) is 9.27. The fourth-order valence-corrected chi connectivity index (χ4v) is 8.07. The first-order chi connectivity index (χ1) is 12.1. The van der Waals surface area contributed by atoms with Crippen LogP contribution in [0.5, 0.6) is 0 Å². The maximum atomic E-state index is 2.71. The minimum atomic E-state index is 0. The van der Waals surface area contributed by atoms with Gasteiger partial charge in [0.1, 0.15) is 0 Å². The number of hydrogen-bond acceptors (Lipinski definition) is 0. The molecule has 0 aromatic rings. The molecule has 0 heteroatoms. The molecule has 4 fully saturated rings. The monoisotopic (exact) mass is 364 g/mol. The van der Waals surface area contributed by atoms with Crippen molar-refractivity contribution in [2.75, 3.05) is 0 Å². The average molecular weight is 365 g/mol. The number of fused-ring (bicyclic) bond motifs is 5. The number of rotatable bonds is 1. The lowest BCUT2D eigenvalue weighted by Gasteiger charge is -2.60. The van der Waals surface area contributed by atoms with Crippen LogP contribution in [0.25, 0.3) is 0 Å². The van der Waals surface area contributed by atoms with Crippen molar-refractivity contribution in [3.05, 3.63) is 0 Å². The molecular weight excluding hydrogens is 312 g/mol. The van der Waals surface area contributed by atoms with Crippen LogP contribution in [0, 0.1) is 40.4 Å².